The second kappa shape index (κ2) is 4.87. The molecule has 0 aromatic carbocycles. The summed E-state index contributed by atoms with van der Waals surface area (Å²) < 4.78 is 0. The van der Waals surface area contributed by atoms with Crippen molar-refractivity contribution < 1.29 is 14.7 Å². The lowest BCUT2D eigenvalue weighted by Gasteiger charge is -2.09. The summed E-state index contributed by atoms with van der Waals surface area (Å²) in [6.07, 6.45) is 1.11. The minimum absolute atomic E-state index is 0.211. The van der Waals surface area contributed by atoms with Crippen LogP contribution in [0.2, 0.25) is 0 Å². The maximum atomic E-state index is 11.0. The van der Waals surface area contributed by atoms with Crippen LogP contribution in [-0.4, -0.2) is 22.9 Å². The molecule has 0 spiro atoms. The minimum atomic E-state index is -1.35. The molecule has 0 heterocycles. The number of carboxylic acids is 1. The molecule has 0 saturated carbocycles. The molecule has 4 heteroatoms. The highest BCUT2D eigenvalue weighted by atomic mass is 16.4. The standard InChI is InChI=1S/C8H15NO3/c1-3-5(2)4-6(10)7(9)8(11)12/h5,7H,3-4,9H2,1-2H3,(H,11,12). The SMILES string of the molecule is CCC(C)CC(=O)C(N)C(=O)O. The first-order valence-electron chi connectivity index (χ1n) is 4.00. The number of rotatable bonds is 5. The van der Waals surface area contributed by atoms with E-state index in [0.717, 1.165) is 6.42 Å². The molecule has 2 unspecified atom stereocenters. The van der Waals surface area contributed by atoms with Gasteiger partial charge in [-0.1, -0.05) is 20.3 Å². The number of hydrogen-bond donors (Lipinski definition) is 2. The summed E-state index contributed by atoms with van der Waals surface area (Å²) in [6, 6.07) is -1.35. The highest BCUT2D eigenvalue weighted by molar-refractivity contribution is 6.02. The van der Waals surface area contributed by atoms with Gasteiger partial charge in [0, 0.05) is 6.42 Å². The van der Waals surface area contributed by atoms with Crippen LogP contribution in [0.3, 0.4) is 0 Å². The number of carboxylic acid groups (broad SMARTS) is 1. The van der Waals surface area contributed by atoms with Gasteiger partial charge in [-0.05, 0) is 5.92 Å². The highest BCUT2D eigenvalue weighted by Gasteiger charge is 2.21. The molecular weight excluding hydrogens is 158 g/mol. The summed E-state index contributed by atoms with van der Waals surface area (Å²) in [6.45, 7) is 3.84. The van der Waals surface area contributed by atoms with Gasteiger partial charge in [0.05, 0.1) is 0 Å². The quantitative estimate of drug-likeness (QED) is 0.590. The average Bonchev–Trinajstić information content (AvgIpc) is 2.02. The van der Waals surface area contributed by atoms with Crippen LogP contribution in [0.1, 0.15) is 26.7 Å². The van der Waals surface area contributed by atoms with E-state index in [1.165, 1.54) is 0 Å². The Morgan fingerprint density at radius 1 is 1.50 bits per heavy atom. The van der Waals surface area contributed by atoms with E-state index in [2.05, 4.69) is 0 Å². The average molecular weight is 173 g/mol. The maximum Gasteiger partial charge on any atom is 0.328 e. The van der Waals surface area contributed by atoms with Gasteiger partial charge in [-0.15, -0.1) is 0 Å². The number of ketones is 1. The van der Waals surface area contributed by atoms with Gasteiger partial charge in [-0.3, -0.25) is 9.59 Å². The molecule has 70 valence electrons. The molecule has 4 nitrogen and oxygen atoms in total. The first-order chi connectivity index (χ1) is 5.49. The van der Waals surface area contributed by atoms with Crippen molar-refractivity contribution in [1.82, 2.24) is 0 Å². The molecule has 0 aliphatic carbocycles. The fourth-order valence-electron chi connectivity index (χ4n) is 0.752. The van der Waals surface area contributed by atoms with E-state index in [1.807, 2.05) is 13.8 Å². The molecule has 12 heavy (non-hydrogen) atoms. The van der Waals surface area contributed by atoms with Crippen LogP contribution in [0.15, 0.2) is 0 Å². The first kappa shape index (κ1) is 11.1. The zero-order chi connectivity index (χ0) is 9.72. The van der Waals surface area contributed by atoms with Crippen LogP contribution in [0.5, 0.6) is 0 Å². The normalized spacial score (nSPS) is 15.2. The summed E-state index contributed by atoms with van der Waals surface area (Å²) in [5.74, 6) is -1.43. The molecule has 0 aromatic heterocycles. The van der Waals surface area contributed by atoms with Crippen molar-refractivity contribution in [3.63, 3.8) is 0 Å². The summed E-state index contributed by atoms with van der Waals surface area (Å²) >= 11 is 0. The van der Waals surface area contributed by atoms with Gasteiger partial charge >= 0.3 is 5.97 Å². The predicted molar refractivity (Wildman–Crippen MR) is 44.7 cm³/mol. The Bertz CT molecular complexity index is 179. The molecule has 0 aliphatic rings. The Morgan fingerprint density at radius 3 is 2.33 bits per heavy atom. The lowest BCUT2D eigenvalue weighted by molar-refractivity contribution is -0.142. The van der Waals surface area contributed by atoms with Crippen LogP contribution in [0.25, 0.3) is 0 Å². The van der Waals surface area contributed by atoms with Gasteiger partial charge in [-0.25, -0.2) is 0 Å². The smallest absolute Gasteiger partial charge is 0.328 e. The molecule has 0 amide bonds. The maximum absolute atomic E-state index is 11.0. The fraction of sp³-hybridized carbons (Fsp3) is 0.750. The number of carbonyl (C=O) groups excluding carboxylic acids is 1. The fourth-order valence-corrected chi connectivity index (χ4v) is 0.752. The monoisotopic (exact) mass is 173 g/mol. The number of hydrogen-bond acceptors (Lipinski definition) is 3. The van der Waals surface area contributed by atoms with Crippen LogP contribution in [-0.2, 0) is 9.59 Å². The van der Waals surface area contributed by atoms with Crippen LogP contribution >= 0.6 is 0 Å². The highest BCUT2D eigenvalue weighted by Crippen LogP contribution is 2.07. The third kappa shape index (κ3) is 3.48. The molecule has 0 rings (SSSR count). The van der Waals surface area contributed by atoms with Crippen molar-refractivity contribution in [2.24, 2.45) is 11.7 Å². The Hall–Kier alpha value is -0.900. The molecule has 0 fully saturated rings. The van der Waals surface area contributed by atoms with Crippen LogP contribution < -0.4 is 5.73 Å². The molecule has 2 atom stereocenters. The molecule has 0 bridgehead atoms. The number of Topliss-reactive ketones (excluding diaryl/α,β-unsaturated/α-hetero) is 1. The topological polar surface area (TPSA) is 80.4 Å². The molecule has 3 N–H and O–H groups in total. The summed E-state index contributed by atoms with van der Waals surface area (Å²) in [4.78, 5) is 21.3. The van der Waals surface area contributed by atoms with E-state index in [0.29, 0.717) is 0 Å². The predicted octanol–water partition coefficient (Wildman–Crippen LogP) is 0.404. The van der Waals surface area contributed by atoms with Gasteiger partial charge in [0.15, 0.2) is 11.8 Å². The van der Waals surface area contributed by atoms with Crippen molar-refractivity contribution in [1.29, 1.82) is 0 Å². The van der Waals surface area contributed by atoms with Crippen molar-refractivity contribution in [3.8, 4) is 0 Å². The number of aliphatic carboxylic acids is 1. The zero-order valence-electron chi connectivity index (χ0n) is 7.41. The molecule has 0 radical (unpaired) electrons. The van der Waals surface area contributed by atoms with Gasteiger partial charge in [0.1, 0.15) is 0 Å². The Morgan fingerprint density at radius 2 is 2.00 bits per heavy atom. The third-order valence-corrected chi connectivity index (χ3v) is 1.86. The van der Waals surface area contributed by atoms with E-state index in [9.17, 15) is 9.59 Å². The lowest BCUT2D eigenvalue weighted by atomic mass is 9.99. The van der Waals surface area contributed by atoms with Gasteiger partial charge in [0.2, 0.25) is 0 Å². The van der Waals surface area contributed by atoms with E-state index in [-0.39, 0.29) is 12.3 Å². The van der Waals surface area contributed by atoms with Gasteiger partial charge in [-0.2, -0.15) is 0 Å². The van der Waals surface area contributed by atoms with Crippen molar-refractivity contribution >= 4 is 11.8 Å². The molecule has 0 saturated heterocycles. The zero-order valence-corrected chi connectivity index (χ0v) is 7.41. The summed E-state index contributed by atoms with van der Waals surface area (Å²) in [5.41, 5.74) is 5.11. The van der Waals surface area contributed by atoms with Crippen molar-refractivity contribution in [3.05, 3.63) is 0 Å². The van der Waals surface area contributed by atoms with E-state index in [4.69, 9.17) is 10.8 Å². The Balaban J connectivity index is 3.95. The molecular formula is C8H15NO3. The largest absolute Gasteiger partial charge is 0.480 e. The lowest BCUT2D eigenvalue weighted by Crippen LogP contribution is -2.39. The second-order valence-electron chi connectivity index (χ2n) is 3.00. The first-order valence-corrected chi connectivity index (χ1v) is 4.00. The van der Waals surface area contributed by atoms with E-state index in [1.54, 1.807) is 0 Å². The summed E-state index contributed by atoms with van der Waals surface area (Å²) in [7, 11) is 0. The summed E-state index contributed by atoms with van der Waals surface area (Å²) in [5, 5.41) is 8.39. The van der Waals surface area contributed by atoms with E-state index >= 15 is 0 Å². The van der Waals surface area contributed by atoms with Crippen LogP contribution in [0.4, 0.5) is 0 Å². The molecule has 0 aromatic rings. The minimum Gasteiger partial charge on any atom is -0.480 e. The Labute approximate surface area is 71.8 Å². The Kier molecular flexibility index (Phi) is 4.51. The van der Waals surface area contributed by atoms with Crippen molar-refractivity contribution in [2.75, 3.05) is 0 Å². The number of nitrogens with two attached hydrogens (primary N) is 1. The van der Waals surface area contributed by atoms with Crippen LogP contribution in [0, 0.1) is 5.92 Å². The number of carbonyl (C=O) groups is 2. The second-order valence-corrected chi connectivity index (χ2v) is 3.00. The van der Waals surface area contributed by atoms with Gasteiger partial charge in [0.25, 0.3) is 0 Å². The van der Waals surface area contributed by atoms with E-state index < -0.39 is 17.8 Å². The third-order valence-electron chi connectivity index (χ3n) is 1.86. The van der Waals surface area contributed by atoms with Gasteiger partial charge < -0.3 is 10.8 Å². The molecule has 0 aliphatic heterocycles. The van der Waals surface area contributed by atoms with Crippen molar-refractivity contribution in [2.45, 2.75) is 32.7 Å².